The van der Waals surface area contributed by atoms with E-state index in [2.05, 4.69) is 59.6 Å². The lowest BCUT2D eigenvalue weighted by atomic mass is 10.0. The van der Waals surface area contributed by atoms with Gasteiger partial charge in [0.2, 0.25) is 0 Å². The number of hydrogen-bond donors (Lipinski definition) is 1. The number of methoxy groups -OCH3 is 1. The molecular formula is C22H34N6O. The molecule has 1 aromatic carbocycles. The first-order valence-corrected chi connectivity index (χ1v) is 10.3. The highest BCUT2D eigenvalue weighted by Gasteiger charge is 2.27. The van der Waals surface area contributed by atoms with Crippen LogP contribution in [0.25, 0.3) is 0 Å². The van der Waals surface area contributed by atoms with Gasteiger partial charge in [-0.2, -0.15) is 5.10 Å². The molecule has 7 heteroatoms. The Labute approximate surface area is 174 Å². The van der Waals surface area contributed by atoms with E-state index in [0.29, 0.717) is 12.5 Å². The third kappa shape index (κ3) is 5.09. The van der Waals surface area contributed by atoms with Crippen molar-refractivity contribution in [3.63, 3.8) is 0 Å². The van der Waals surface area contributed by atoms with Crippen LogP contribution in [0.15, 0.2) is 41.7 Å². The van der Waals surface area contributed by atoms with Gasteiger partial charge in [-0.05, 0) is 39.1 Å². The molecule has 158 valence electrons. The highest BCUT2D eigenvalue weighted by molar-refractivity contribution is 5.80. The first kappa shape index (κ1) is 21.2. The van der Waals surface area contributed by atoms with Gasteiger partial charge in [-0.15, -0.1) is 0 Å². The van der Waals surface area contributed by atoms with Crippen LogP contribution in [0.5, 0.6) is 5.75 Å². The minimum absolute atomic E-state index is 0.150. The first-order valence-electron chi connectivity index (χ1n) is 10.3. The van der Waals surface area contributed by atoms with Gasteiger partial charge in [0, 0.05) is 44.4 Å². The van der Waals surface area contributed by atoms with Crippen molar-refractivity contribution in [3.05, 3.63) is 47.8 Å². The number of ether oxygens (including phenoxy) is 1. The van der Waals surface area contributed by atoms with E-state index in [1.807, 2.05) is 30.1 Å². The molecule has 2 unspecified atom stereocenters. The number of hydrogen-bond acceptors (Lipinski definition) is 4. The molecule has 0 aliphatic carbocycles. The fraction of sp³-hybridized carbons (Fsp3) is 0.545. The van der Waals surface area contributed by atoms with Gasteiger partial charge in [0.05, 0.1) is 25.9 Å². The van der Waals surface area contributed by atoms with E-state index < -0.39 is 0 Å². The van der Waals surface area contributed by atoms with E-state index in [9.17, 15) is 0 Å². The Balaban J connectivity index is 1.75. The molecule has 0 bridgehead atoms. The Morgan fingerprint density at radius 3 is 2.83 bits per heavy atom. The fourth-order valence-electron chi connectivity index (χ4n) is 3.96. The molecule has 1 aliphatic rings. The molecule has 0 radical (unpaired) electrons. The van der Waals surface area contributed by atoms with Gasteiger partial charge in [0.25, 0.3) is 0 Å². The maximum Gasteiger partial charge on any atom is 0.194 e. The second-order valence-electron chi connectivity index (χ2n) is 7.79. The largest absolute Gasteiger partial charge is 0.496 e. The van der Waals surface area contributed by atoms with Crippen LogP contribution in [-0.4, -0.2) is 72.9 Å². The van der Waals surface area contributed by atoms with E-state index >= 15 is 0 Å². The van der Waals surface area contributed by atoms with Gasteiger partial charge in [0.15, 0.2) is 5.96 Å². The summed E-state index contributed by atoms with van der Waals surface area (Å²) >= 11 is 0. The zero-order valence-corrected chi connectivity index (χ0v) is 18.3. The summed E-state index contributed by atoms with van der Waals surface area (Å²) in [6.45, 7) is 5.62. The van der Waals surface area contributed by atoms with E-state index in [1.165, 1.54) is 5.56 Å². The summed E-state index contributed by atoms with van der Waals surface area (Å²) in [5.74, 6) is 2.40. The monoisotopic (exact) mass is 398 g/mol. The van der Waals surface area contributed by atoms with Crippen LogP contribution in [0.3, 0.4) is 0 Å². The Bertz CT molecular complexity index is 815. The summed E-state index contributed by atoms with van der Waals surface area (Å²) in [6.07, 6.45) is 5.24. The van der Waals surface area contributed by atoms with Crippen molar-refractivity contribution in [1.82, 2.24) is 24.9 Å². The number of guanidine groups is 1. The maximum atomic E-state index is 5.59. The maximum absolute atomic E-state index is 5.59. The molecule has 29 heavy (non-hydrogen) atoms. The molecule has 0 amide bonds. The number of likely N-dealkylation sites (N-methyl/N-ethyl adjacent to an activating group) is 1. The van der Waals surface area contributed by atoms with Crippen LogP contribution >= 0.6 is 0 Å². The van der Waals surface area contributed by atoms with Crippen LogP contribution < -0.4 is 10.1 Å². The number of aliphatic imine (C=N–C) groups is 1. The number of likely N-dealkylation sites (tertiary alicyclic amines) is 1. The van der Waals surface area contributed by atoms with Crippen molar-refractivity contribution in [2.75, 3.05) is 47.4 Å². The van der Waals surface area contributed by atoms with Crippen molar-refractivity contribution in [2.24, 2.45) is 12.0 Å². The van der Waals surface area contributed by atoms with Gasteiger partial charge >= 0.3 is 0 Å². The molecular weight excluding hydrogens is 364 g/mol. The average molecular weight is 399 g/mol. The Morgan fingerprint density at radius 1 is 1.38 bits per heavy atom. The van der Waals surface area contributed by atoms with E-state index in [1.54, 1.807) is 7.11 Å². The van der Waals surface area contributed by atoms with Crippen molar-refractivity contribution < 1.29 is 4.74 Å². The van der Waals surface area contributed by atoms with Gasteiger partial charge in [-0.25, -0.2) is 0 Å². The topological polar surface area (TPSA) is 57.9 Å². The summed E-state index contributed by atoms with van der Waals surface area (Å²) in [7, 11) is 7.88. The zero-order valence-electron chi connectivity index (χ0n) is 18.3. The number of nitrogens with one attached hydrogen (secondary N) is 1. The van der Waals surface area contributed by atoms with Gasteiger partial charge in [0.1, 0.15) is 5.75 Å². The second-order valence-corrected chi connectivity index (χ2v) is 7.79. The summed E-state index contributed by atoms with van der Waals surface area (Å²) in [5.41, 5.74) is 2.47. The van der Waals surface area contributed by atoms with Crippen LogP contribution in [0, 0.1) is 0 Å². The Hall–Kier alpha value is -2.54. The van der Waals surface area contributed by atoms with E-state index in [4.69, 9.17) is 9.73 Å². The van der Waals surface area contributed by atoms with Gasteiger partial charge < -0.3 is 19.9 Å². The minimum atomic E-state index is 0.150. The van der Waals surface area contributed by atoms with Crippen LogP contribution in [0.4, 0.5) is 0 Å². The number of aromatic nitrogens is 2. The normalized spacial score (nSPS) is 18.3. The van der Waals surface area contributed by atoms with Crippen LogP contribution in [0.2, 0.25) is 0 Å². The third-order valence-electron chi connectivity index (χ3n) is 5.55. The SMILES string of the molecule is CCNC(=NCC(c1ccccc1OC)N(C)C)N1CCC(c2cnn(C)c2)C1. The van der Waals surface area contributed by atoms with Gasteiger partial charge in [-0.1, -0.05) is 18.2 Å². The van der Waals surface area contributed by atoms with Crippen molar-refractivity contribution in [1.29, 1.82) is 0 Å². The molecule has 1 N–H and O–H groups in total. The second kappa shape index (κ2) is 9.78. The number of aryl methyl sites for hydroxylation is 1. The quantitative estimate of drug-likeness (QED) is 0.574. The molecule has 2 aromatic rings. The standard InChI is InChI=1S/C22H34N6O/c1-6-23-22(28-12-11-17(16-28)18-13-25-27(4)15-18)24-14-20(26(2)3)19-9-7-8-10-21(19)29-5/h7-10,13,15,17,20H,6,11-12,14,16H2,1-5H3,(H,23,24). The third-order valence-corrected chi connectivity index (χ3v) is 5.55. The van der Waals surface area contributed by atoms with Gasteiger partial charge in [-0.3, -0.25) is 9.67 Å². The summed E-state index contributed by atoms with van der Waals surface area (Å²) in [5, 5.41) is 7.81. The average Bonchev–Trinajstić information content (AvgIpc) is 3.36. The molecule has 1 fully saturated rings. The summed E-state index contributed by atoms with van der Waals surface area (Å²) < 4.78 is 7.47. The zero-order chi connectivity index (χ0) is 20.8. The lowest BCUT2D eigenvalue weighted by Crippen LogP contribution is -2.40. The van der Waals surface area contributed by atoms with Crippen LogP contribution in [-0.2, 0) is 7.05 Å². The lowest BCUT2D eigenvalue weighted by Gasteiger charge is -2.27. The molecule has 0 spiro atoms. The number of para-hydroxylation sites is 1. The Morgan fingerprint density at radius 2 is 2.17 bits per heavy atom. The molecule has 1 aliphatic heterocycles. The van der Waals surface area contributed by atoms with Crippen molar-refractivity contribution >= 4 is 5.96 Å². The molecule has 1 saturated heterocycles. The van der Waals surface area contributed by atoms with E-state index in [-0.39, 0.29) is 6.04 Å². The summed E-state index contributed by atoms with van der Waals surface area (Å²) in [6, 6.07) is 8.35. The highest BCUT2D eigenvalue weighted by atomic mass is 16.5. The summed E-state index contributed by atoms with van der Waals surface area (Å²) in [4.78, 5) is 9.59. The molecule has 3 rings (SSSR count). The number of rotatable bonds is 7. The smallest absolute Gasteiger partial charge is 0.194 e. The lowest BCUT2D eigenvalue weighted by molar-refractivity contribution is 0.294. The van der Waals surface area contributed by atoms with Crippen LogP contribution in [0.1, 0.15) is 36.4 Å². The molecule has 2 atom stereocenters. The minimum Gasteiger partial charge on any atom is -0.496 e. The predicted molar refractivity (Wildman–Crippen MR) is 118 cm³/mol. The predicted octanol–water partition coefficient (Wildman–Crippen LogP) is 2.49. The number of nitrogens with zero attached hydrogens (tertiary/aromatic N) is 5. The fourth-order valence-corrected chi connectivity index (χ4v) is 3.96. The number of benzene rings is 1. The van der Waals surface area contributed by atoms with Crippen molar-refractivity contribution in [2.45, 2.75) is 25.3 Å². The molecule has 0 saturated carbocycles. The Kier molecular flexibility index (Phi) is 7.14. The first-order chi connectivity index (χ1) is 14.0. The van der Waals surface area contributed by atoms with Crippen molar-refractivity contribution in [3.8, 4) is 5.75 Å². The van der Waals surface area contributed by atoms with E-state index in [0.717, 1.165) is 43.3 Å². The highest BCUT2D eigenvalue weighted by Crippen LogP contribution is 2.29. The molecule has 2 heterocycles. The molecule has 7 nitrogen and oxygen atoms in total. The molecule has 1 aromatic heterocycles.